The van der Waals surface area contributed by atoms with E-state index in [0.29, 0.717) is 29.7 Å². The number of ether oxygens (including phenoxy) is 1. The molecular formula is C19H25NO5S. The standard InChI is InChI=1S/C19H25NO5S/c1-12-15-5-4-14(24-2)10-17(15)25-19(23)16(12)6-7-18(22)20-13(11-21)8-9-26-3/h4-5,10,13,21H,6-9,11H2,1-3H3,(H,20,22)/t13-/m0/s1. The molecule has 0 fully saturated rings. The Morgan fingerprint density at radius 2 is 2.19 bits per heavy atom. The van der Waals surface area contributed by atoms with Crippen LogP contribution in [0.4, 0.5) is 0 Å². The average molecular weight is 379 g/mol. The lowest BCUT2D eigenvalue weighted by molar-refractivity contribution is -0.122. The first-order valence-corrected chi connectivity index (χ1v) is 9.89. The number of carbonyl (C=O) groups is 1. The lowest BCUT2D eigenvalue weighted by Crippen LogP contribution is -2.38. The van der Waals surface area contributed by atoms with E-state index >= 15 is 0 Å². The molecule has 1 aromatic heterocycles. The zero-order valence-electron chi connectivity index (χ0n) is 15.3. The summed E-state index contributed by atoms with van der Waals surface area (Å²) in [5, 5.41) is 13.0. The number of rotatable bonds is 9. The van der Waals surface area contributed by atoms with Gasteiger partial charge in [-0.3, -0.25) is 4.79 Å². The van der Waals surface area contributed by atoms with E-state index < -0.39 is 5.63 Å². The van der Waals surface area contributed by atoms with E-state index in [1.165, 1.54) is 0 Å². The van der Waals surface area contributed by atoms with Gasteiger partial charge in [0.05, 0.1) is 19.8 Å². The highest BCUT2D eigenvalue weighted by molar-refractivity contribution is 7.98. The Kier molecular flexibility index (Phi) is 7.53. The van der Waals surface area contributed by atoms with Gasteiger partial charge in [0.15, 0.2) is 0 Å². The summed E-state index contributed by atoms with van der Waals surface area (Å²) in [6.45, 7) is 1.76. The molecule has 1 heterocycles. The molecule has 0 saturated carbocycles. The van der Waals surface area contributed by atoms with Gasteiger partial charge in [-0.15, -0.1) is 0 Å². The van der Waals surface area contributed by atoms with Crippen molar-refractivity contribution in [2.75, 3.05) is 25.7 Å². The molecular weight excluding hydrogens is 354 g/mol. The number of aliphatic hydroxyl groups is 1. The molecule has 0 radical (unpaired) electrons. The number of carbonyl (C=O) groups excluding carboxylic acids is 1. The van der Waals surface area contributed by atoms with Crippen LogP contribution < -0.4 is 15.7 Å². The van der Waals surface area contributed by atoms with Crippen LogP contribution in [0, 0.1) is 6.92 Å². The molecule has 1 atom stereocenters. The maximum atomic E-state index is 12.3. The van der Waals surface area contributed by atoms with Gasteiger partial charge in [-0.2, -0.15) is 11.8 Å². The number of hydrogen-bond donors (Lipinski definition) is 2. The molecule has 2 aromatic rings. The molecule has 1 amide bonds. The normalized spacial score (nSPS) is 12.2. The minimum Gasteiger partial charge on any atom is -0.497 e. The van der Waals surface area contributed by atoms with Crippen LogP contribution in [0.2, 0.25) is 0 Å². The Labute approximate surface area is 156 Å². The number of hydrogen-bond acceptors (Lipinski definition) is 6. The summed E-state index contributed by atoms with van der Waals surface area (Å²) in [7, 11) is 1.55. The van der Waals surface area contributed by atoms with E-state index in [9.17, 15) is 14.7 Å². The molecule has 0 spiro atoms. The van der Waals surface area contributed by atoms with Crippen molar-refractivity contribution in [1.82, 2.24) is 5.32 Å². The van der Waals surface area contributed by atoms with Crippen molar-refractivity contribution in [3.05, 3.63) is 39.7 Å². The fourth-order valence-electron chi connectivity index (χ4n) is 2.80. The van der Waals surface area contributed by atoms with E-state index in [1.807, 2.05) is 25.3 Å². The molecule has 0 unspecified atom stereocenters. The van der Waals surface area contributed by atoms with E-state index in [4.69, 9.17) is 9.15 Å². The summed E-state index contributed by atoms with van der Waals surface area (Å²) in [4.78, 5) is 24.4. The SMILES string of the molecule is COc1ccc2c(C)c(CCC(=O)N[C@H](CO)CCSC)c(=O)oc2c1. The van der Waals surface area contributed by atoms with Crippen LogP contribution >= 0.6 is 11.8 Å². The summed E-state index contributed by atoms with van der Waals surface area (Å²) in [6.07, 6.45) is 3.15. The fourth-order valence-corrected chi connectivity index (χ4v) is 3.32. The van der Waals surface area contributed by atoms with Crippen LogP contribution in [-0.4, -0.2) is 42.8 Å². The van der Waals surface area contributed by atoms with Gasteiger partial charge < -0.3 is 19.6 Å². The highest BCUT2D eigenvalue weighted by Gasteiger charge is 2.15. The molecule has 2 rings (SSSR count). The Morgan fingerprint density at radius 1 is 1.42 bits per heavy atom. The zero-order chi connectivity index (χ0) is 19.1. The third-order valence-electron chi connectivity index (χ3n) is 4.35. The summed E-state index contributed by atoms with van der Waals surface area (Å²) in [5.74, 6) is 1.30. The van der Waals surface area contributed by atoms with E-state index in [0.717, 1.165) is 16.7 Å². The molecule has 2 N–H and O–H groups in total. The number of aliphatic hydroxyl groups excluding tert-OH is 1. The first kappa shape index (κ1) is 20.3. The minimum atomic E-state index is -0.433. The summed E-state index contributed by atoms with van der Waals surface area (Å²) in [6, 6.07) is 5.08. The van der Waals surface area contributed by atoms with Gasteiger partial charge in [0.2, 0.25) is 5.91 Å². The van der Waals surface area contributed by atoms with Gasteiger partial charge >= 0.3 is 5.63 Å². The first-order chi connectivity index (χ1) is 12.5. The quantitative estimate of drug-likeness (QED) is 0.650. The summed E-state index contributed by atoms with van der Waals surface area (Å²) in [5.41, 5.74) is 1.35. The molecule has 142 valence electrons. The van der Waals surface area contributed by atoms with Gasteiger partial charge in [-0.25, -0.2) is 4.79 Å². The van der Waals surface area contributed by atoms with Crippen LogP contribution in [0.3, 0.4) is 0 Å². The number of nitrogens with one attached hydrogen (secondary N) is 1. The molecule has 0 aliphatic rings. The third kappa shape index (κ3) is 5.02. The number of methoxy groups -OCH3 is 1. The molecule has 6 nitrogen and oxygen atoms in total. The lowest BCUT2D eigenvalue weighted by atomic mass is 10.0. The Balaban J connectivity index is 2.10. The monoisotopic (exact) mass is 379 g/mol. The Bertz CT molecular complexity index is 817. The summed E-state index contributed by atoms with van der Waals surface area (Å²) < 4.78 is 10.5. The fraction of sp³-hybridized carbons (Fsp3) is 0.474. The maximum absolute atomic E-state index is 12.3. The van der Waals surface area contributed by atoms with Crippen LogP contribution in [0.1, 0.15) is 24.0 Å². The Hall–Kier alpha value is -1.99. The van der Waals surface area contributed by atoms with E-state index in [-0.39, 0.29) is 25.0 Å². The van der Waals surface area contributed by atoms with Crippen molar-refractivity contribution < 1.29 is 19.1 Å². The Morgan fingerprint density at radius 3 is 2.85 bits per heavy atom. The smallest absolute Gasteiger partial charge is 0.339 e. The van der Waals surface area contributed by atoms with Crippen molar-refractivity contribution in [3.63, 3.8) is 0 Å². The predicted molar refractivity (Wildman–Crippen MR) is 104 cm³/mol. The van der Waals surface area contributed by atoms with Crippen LogP contribution in [0.25, 0.3) is 11.0 Å². The second-order valence-corrected chi connectivity index (χ2v) is 7.07. The van der Waals surface area contributed by atoms with Gasteiger partial charge in [-0.1, -0.05) is 0 Å². The molecule has 0 bridgehead atoms. The maximum Gasteiger partial charge on any atom is 0.339 e. The van der Waals surface area contributed by atoms with Crippen molar-refractivity contribution in [1.29, 1.82) is 0 Å². The van der Waals surface area contributed by atoms with Gasteiger partial charge in [0.1, 0.15) is 11.3 Å². The van der Waals surface area contributed by atoms with Crippen molar-refractivity contribution >= 4 is 28.6 Å². The second-order valence-electron chi connectivity index (χ2n) is 6.08. The lowest BCUT2D eigenvalue weighted by Gasteiger charge is -2.16. The van der Waals surface area contributed by atoms with Gasteiger partial charge in [0.25, 0.3) is 0 Å². The molecule has 7 heteroatoms. The molecule has 26 heavy (non-hydrogen) atoms. The second kappa shape index (κ2) is 9.64. The van der Waals surface area contributed by atoms with Crippen molar-refractivity contribution in [2.24, 2.45) is 0 Å². The van der Waals surface area contributed by atoms with E-state index in [2.05, 4.69) is 5.32 Å². The number of aryl methyl sites for hydroxylation is 1. The molecule has 1 aromatic carbocycles. The highest BCUT2D eigenvalue weighted by atomic mass is 32.2. The first-order valence-electron chi connectivity index (χ1n) is 8.49. The summed E-state index contributed by atoms with van der Waals surface area (Å²) >= 11 is 1.67. The zero-order valence-corrected chi connectivity index (χ0v) is 16.1. The van der Waals surface area contributed by atoms with E-state index in [1.54, 1.807) is 24.9 Å². The number of amides is 1. The minimum absolute atomic E-state index is 0.0920. The topological polar surface area (TPSA) is 88.8 Å². The number of fused-ring (bicyclic) bond motifs is 1. The van der Waals surface area contributed by atoms with Crippen molar-refractivity contribution in [2.45, 2.75) is 32.2 Å². The van der Waals surface area contributed by atoms with Crippen LogP contribution in [0.15, 0.2) is 27.4 Å². The predicted octanol–water partition coefficient (Wildman–Crippen LogP) is 2.27. The van der Waals surface area contributed by atoms with Crippen LogP contribution in [-0.2, 0) is 11.2 Å². The van der Waals surface area contributed by atoms with Crippen LogP contribution in [0.5, 0.6) is 5.75 Å². The molecule has 0 aliphatic heterocycles. The van der Waals surface area contributed by atoms with Gasteiger partial charge in [-0.05, 0) is 49.5 Å². The van der Waals surface area contributed by atoms with Crippen molar-refractivity contribution in [3.8, 4) is 5.75 Å². The molecule has 0 saturated heterocycles. The largest absolute Gasteiger partial charge is 0.497 e. The average Bonchev–Trinajstić information content (AvgIpc) is 2.64. The van der Waals surface area contributed by atoms with Gasteiger partial charge in [0, 0.05) is 23.4 Å². The third-order valence-corrected chi connectivity index (χ3v) is 5.00. The number of benzene rings is 1. The molecule has 0 aliphatic carbocycles. The highest BCUT2D eigenvalue weighted by Crippen LogP contribution is 2.24. The number of thioether (sulfide) groups is 1.